The van der Waals surface area contributed by atoms with Crippen molar-refractivity contribution in [2.24, 2.45) is 0 Å². The Kier molecular flexibility index (Phi) is 3.33. The topological polar surface area (TPSA) is 38.0 Å². The van der Waals surface area contributed by atoms with Crippen molar-refractivity contribution in [3.05, 3.63) is 23.8 Å². The summed E-state index contributed by atoms with van der Waals surface area (Å²) in [5.41, 5.74) is 9.03. The molecule has 0 bridgehead atoms. The Labute approximate surface area is 102 Å². The predicted octanol–water partition coefficient (Wildman–Crippen LogP) is 3.27. The maximum absolute atomic E-state index is 5.83. The van der Waals surface area contributed by atoms with Gasteiger partial charge in [0.25, 0.3) is 0 Å². The second kappa shape index (κ2) is 4.58. The first-order chi connectivity index (χ1) is 7.57. The van der Waals surface area contributed by atoms with Gasteiger partial charge in [0.05, 0.1) is 0 Å². The molecule has 1 aliphatic heterocycles. The fraction of sp³-hybridized carbons (Fsp3) is 0.538. The summed E-state index contributed by atoms with van der Waals surface area (Å²) in [5, 5.41) is 3.51. The van der Waals surface area contributed by atoms with Crippen LogP contribution in [0.15, 0.2) is 18.2 Å². The average molecular weight is 236 g/mol. The molecule has 1 atom stereocenters. The average Bonchev–Trinajstić information content (AvgIpc) is 2.62. The van der Waals surface area contributed by atoms with E-state index in [1.807, 2.05) is 12.1 Å². The van der Waals surface area contributed by atoms with Crippen molar-refractivity contribution < 1.29 is 0 Å². The lowest BCUT2D eigenvalue weighted by Crippen LogP contribution is -2.27. The zero-order chi connectivity index (χ0) is 11.6. The molecule has 2 rings (SSSR count). The molecular weight excluding hydrogens is 216 g/mol. The number of rotatable bonds is 3. The number of nitrogens with two attached hydrogens (primary N) is 1. The summed E-state index contributed by atoms with van der Waals surface area (Å²) in [6.45, 7) is 5.45. The summed E-state index contributed by atoms with van der Waals surface area (Å²) in [6, 6.07) is 6.16. The van der Waals surface area contributed by atoms with Crippen LogP contribution in [0.5, 0.6) is 0 Å². The summed E-state index contributed by atoms with van der Waals surface area (Å²) in [4.78, 5) is 0. The van der Waals surface area contributed by atoms with Crippen molar-refractivity contribution in [2.45, 2.75) is 31.4 Å². The minimum absolute atomic E-state index is 0.401. The highest BCUT2D eigenvalue weighted by atomic mass is 32.2. The van der Waals surface area contributed by atoms with Crippen molar-refractivity contribution in [3.63, 3.8) is 0 Å². The third kappa shape index (κ3) is 2.85. The van der Waals surface area contributed by atoms with Gasteiger partial charge >= 0.3 is 0 Å². The van der Waals surface area contributed by atoms with E-state index in [1.54, 1.807) is 0 Å². The lowest BCUT2D eigenvalue weighted by molar-refractivity contribution is 0.635. The summed E-state index contributed by atoms with van der Waals surface area (Å²) in [6.07, 6.45) is 2.66. The molecule has 0 aromatic heterocycles. The van der Waals surface area contributed by atoms with Crippen LogP contribution in [-0.2, 0) is 0 Å². The molecule has 1 unspecified atom stereocenters. The molecule has 0 radical (unpaired) electrons. The highest BCUT2D eigenvalue weighted by molar-refractivity contribution is 8.00. The van der Waals surface area contributed by atoms with E-state index in [-0.39, 0.29) is 0 Å². The van der Waals surface area contributed by atoms with Crippen LogP contribution in [0.3, 0.4) is 0 Å². The largest absolute Gasteiger partial charge is 0.399 e. The van der Waals surface area contributed by atoms with Crippen molar-refractivity contribution >= 4 is 23.1 Å². The van der Waals surface area contributed by atoms with E-state index in [0.717, 1.165) is 17.9 Å². The number of hydrogen-bond acceptors (Lipinski definition) is 3. The highest BCUT2D eigenvalue weighted by Gasteiger charge is 2.28. The SMILES string of the molecule is Cc1cc(N)cc(NCC2(C)CCCS2)c1. The second-order valence-corrected chi connectivity index (χ2v) is 6.57. The minimum Gasteiger partial charge on any atom is -0.399 e. The second-order valence-electron chi connectivity index (χ2n) is 4.89. The van der Waals surface area contributed by atoms with Crippen LogP contribution in [-0.4, -0.2) is 17.0 Å². The van der Waals surface area contributed by atoms with E-state index in [2.05, 4.69) is 37.0 Å². The van der Waals surface area contributed by atoms with E-state index >= 15 is 0 Å². The molecule has 3 heteroatoms. The van der Waals surface area contributed by atoms with E-state index < -0.39 is 0 Å². The summed E-state index contributed by atoms with van der Waals surface area (Å²) in [7, 11) is 0. The molecule has 1 heterocycles. The van der Waals surface area contributed by atoms with Gasteiger partial charge in [-0.15, -0.1) is 0 Å². The number of hydrogen-bond donors (Lipinski definition) is 2. The number of anilines is 2. The van der Waals surface area contributed by atoms with Gasteiger partial charge in [0, 0.05) is 22.7 Å². The maximum atomic E-state index is 5.83. The quantitative estimate of drug-likeness (QED) is 0.791. The van der Waals surface area contributed by atoms with Crippen LogP contribution in [0.25, 0.3) is 0 Å². The van der Waals surface area contributed by atoms with Crippen molar-refractivity contribution in [3.8, 4) is 0 Å². The standard InChI is InChI=1S/C13H20N2S/c1-10-6-11(14)8-12(7-10)15-9-13(2)4-3-5-16-13/h6-8,15H,3-5,9,14H2,1-2H3. The van der Waals surface area contributed by atoms with Crippen molar-refractivity contribution in [1.82, 2.24) is 0 Å². The van der Waals surface area contributed by atoms with Gasteiger partial charge in [0.2, 0.25) is 0 Å². The van der Waals surface area contributed by atoms with Crippen LogP contribution in [0.4, 0.5) is 11.4 Å². The maximum Gasteiger partial charge on any atom is 0.0363 e. The Balaban J connectivity index is 1.98. The van der Waals surface area contributed by atoms with Gasteiger partial charge in [-0.1, -0.05) is 0 Å². The third-order valence-corrected chi connectivity index (χ3v) is 4.60. The van der Waals surface area contributed by atoms with Gasteiger partial charge in [-0.25, -0.2) is 0 Å². The number of thioether (sulfide) groups is 1. The van der Waals surface area contributed by atoms with Crippen LogP contribution < -0.4 is 11.1 Å². The third-order valence-electron chi connectivity index (χ3n) is 3.07. The van der Waals surface area contributed by atoms with Gasteiger partial charge in [-0.05, 0) is 56.2 Å². The van der Waals surface area contributed by atoms with Crippen LogP contribution in [0, 0.1) is 6.92 Å². The number of nitrogen functional groups attached to an aromatic ring is 1. The molecule has 2 nitrogen and oxygen atoms in total. The first-order valence-electron chi connectivity index (χ1n) is 5.82. The van der Waals surface area contributed by atoms with Gasteiger partial charge in [0.15, 0.2) is 0 Å². The molecule has 1 saturated heterocycles. The van der Waals surface area contributed by atoms with Crippen LogP contribution in [0.1, 0.15) is 25.3 Å². The zero-order valence-corrected chi connectivity index (χ0v) is 10.9. The van der Waals surface area contributed by atoms with E-state index in [0.29, 0.717) is 4.75 Å². The normalized spacial score (nSPS) is 24.6. The van der Waals surface area contributed by atoms with Crippen LogP contribution >= 0.6 is 11.8 Å². The van der Waals surface area contributed by atoms with E-state index in [9.17, 15) is 0 Å². The fourth-order valence-corrected chi connectivity index (χ4v) is 3.42. The smallest absolute Gasteiger partial charge is 0.0363 e. The predicted molar refractivity (Wildman–Crippen MR) is 74.2 cm³/mol. The first kappa shape index (κ1) is 11.6. The Morgan fingerprint density at radius 1 is 1.44 bits per heavy atom. The monoisotopic (exact) mass is 236 g/mol. The van der Waals surface area contributed by atoms with Crippen molar-refractivity contribution in [2.75, 3.05) is 23.3 Å². The fourth-order valence-electron chi connectivity index (χ4n) is 2.18. The molecule has 0 saturated carbocycles. The van der Waals surface area contributed by atoms with Gasteiger partial charge in [-0.3, -0.25) is 0 Å². The van der Waals surface area contributed by atoms with Gasteiger partial charge in [-0.2, -0.15) is 11.8 Å². The van der Waals surface area contributed by atoms with E-state index in [1.165, 1.54) is 24.2 Å². The molecule has 1 aliphatic rings. The number of nitrogens with one attached hydrogen (secondary N) is 1. The highest BCUT2D eigenvalue weighted by Crippen LogP contribution is 2.37. The summed E-state index contributed by atoms with van der Waals surface area (Å²) < 4.78 is 0.401. The molecular formula is C13H20N2S. The lowest BCUT2D eigenvalue weighted by atomic mass is 10.1. The van der Waals surface area contributed by atoms with Gasteiger partial charge in [0.1, 0.15) is 0 Å². The molecule has 1 aromatic carbocycles. The number of aryl methyl sites for hydroxylation is 1. The Hall–Kier alpha value is -0.830. The first-order valence-corrected chi connectivity index (χ1v) is 6.81. The van der Waals surface area contributed by atoms with Gasteiger partial charge < -0.3 is 11.1 Å². The van der Waals surface area contributed by atoms with E-state index in [4.69, 9.17) is 5.73 Å². The minimum atomic E-state index is 0.401. The Morgan fingerprint density at radius 3 is 2.88 bits per heavy atom. The molecule has 0 amide bonds. The van der Waals surface area contributed by atoms with Crippen LogP contribution in [0.2, 0.25) is 0 Å². The molecule has 0 spiro atoms. The summed E-state index contributed by atoms with van der Waals surface area (Å²) >= 11 is 2.08. The molecule has 16 heavy (non-hydrogen) atoms. The summed E-state index contributed by atoms with van der Waals surface area (Å²) in [5.74, 6) is 1.30. The van der Waals surface area contributed by atoms with Crippen molar-refractivity contribution in [1.29, 1.82) is 0 Å². The molecule has 1 aromatic rings. The lowest BCUT2D eigenvalue weighted by Gasteiger charge is -2.23. The molecule has 88 valence electrons. The molecule has 3 N–H and O–H groups in total. The number of benzene rings is 1. The Bertz CT molecular complexity index is 350. The molecule has 1 fully saturated rings. The molecule has 0 aliphatic carbocycles. The zero-order valence-electron chi connectivity index (χ0n) is 10.0. The Morgan fingerprint density at radius 2 is 2.25 bits per heavy atom.